The van der Waals surface area contributed by atoms with Gasteiger partial charge in [-0.15, -0.1) is 0 Å². The lowest BCUT2D eigenvalue weighted by Gasteiger charge is -2.21. The first kappa shape index (κ1) is 15.5. The summed E-state index contributed by atoms with van der Waals surface area (Å²) in [5.74, 6) is -0.0310. The van der Waals surface area contributed by atoms with Crippen LogP contribution < -0.4 is 5.32 Å². The van der Waals surface area contributed by atoms with Gasteiger partial charge in [-0.1, -0.05) is 6.07 Å². The second kappa shape index (κ2) is 7.76. The maximum Gasteiger partial charge on any atom is 0.244 e. The summed E-state index contributed by atoms with van der Waals surface area (Å²) in [7, 11) is 0. The molecule has 1 aromatic rings. The molecule has 0 aromatic carbocycles. The molecule has 1 aliphatic heterocycles. The number of amides is 2. The number of hydrogen-bond donors (Lipinski definition) is 1. The average molecular weight is 289 g/mol. The van der Waals surface area contributed by atoms with Crippen molar-refractivity contribution in [3.63, 3.8) is 0 Å². The molecular weight excluding hydrogens is 266 g/mol. The van der Waals surface area contributed by atoms with Gasteiger partial charge in [0.15, 0.2) is 0 Å². The van der Waals surface area contributed by atoms with Crippen molar-refractivity contribution in [2.24, 2.45) is 0 Å². The number of nitrogens with one attached hydrogen (secondary N) is 1. The number of nitrogens with zero attached hydrogens (tertiary/aromatic N) is 2. The third-order valence-electron chi connectivity index (χ3n) is 3.73. The normalized spacial score (nSPS) is 15.8. The van der Waals surface area contributed by atoms with Gasteiger partial charge in [0, 0.05) is 31.4 Å². The van der Waals surface area contributed by atoms with Crippen LogP contribution in [-0.2, 0) is 16.0 Å². The van der Waals surface area contributed by atoms with E-state index in [1.165, 1.54) is 0 Å². The van der Waals surface area contributed by atoms with Crippen molar-refractivity contribution in [2.45, 2.75) is 45.1 Å². The third-order valence-corrected chi connectivity index (χ3v) is 3.73. The zero-order chi connectivity index (χ0) is 15.1. The van der Waals surface area contributed by atoms with E-state index >= 15 is 0 Å². The van der Waals surface area contributed by atoms with Gasteiger partial charge in [0.25, 0.3) is 0 Å². The molecule has 114 valence electrons. The van der Waals surface area contributed by atoms with Crippen LogP contribution in [0.1, 0.15) is 38.3 Å². The highest BCUT2D eigenvalue weighted by molar-refractivity contribution is 5.87. The number of aromatic nitrogens is 1. The Kier molecular flexibility index (Phi) is 5.72. The maximum absolute atomic E-state index is 12.1. The molecule has 1 atom stereocenters. The lowest BCUT2D eigenvalue weighted by Crippen LogP contribution is -2.45. The number of carbonyl (C=O) groups is 2. The van der Waals surface area contributed by atoms with E-state index in [2.05, 4.69) is 10.3 Å². The van der Waals surface area contributed by atoms with Crippen LogP contribution in [0.2, 0.25) is 0 Å². The standard InChI is InChI=1S/C16H23N3O2/c1-13(16(21)19-11-4-5-12-19)18-15(20)9-6-8-14-7-2-3-10-17-14/h2-3,7,10,13H,4-6,8-9,11-12H2,1H3,(H,18,20). The largest absolute Gasteiger partial charge is 0.345 e. The fraction of sp³-hybridized carbons (Fsp3) is 0.562. The van der Waals surface area contributed by atoms with Gasteiger partial charge in [0.1, 0.15) is 6.04 Å². The predicted molar refractivity (Wildman–Crippen MR) is 80.6 cm³/mol. The lowest BCUT2D eigenvalue weighted by atomic mass is 10.1. The van der Waals surface area contributed by atoms with E-state index in [0.717, 1.165) is 44.5 Å². The smallest absolute Gasteiger partial charge is 0.244 e. The monoisotopic (exact) mass is 289 g/mol. The summed E-state index contributed by atoms with van der Waals surface area (Å²) in [6.07, 6.45) is 5.84. The van der Waals surface area contributed by atoms with Crippen LogP contribution >= 0.6 is 0 Å². The molecular formula is C16H23N3O2. The van der Waals surface area contributed by atoms with E-state index < -0.39 is 6.04 Å². The van der Waals surface area contributed by atoms with E-state index in [1.54, 1.807) is 13.1 Å². The highest BCUT2D eigenvalue weighted by Gasteiger charge is 2.23. The van der Waals surface area contributed by atoms with Gasteiger partial charge >= 0.3 is 0 Å². The second-order valence-electron chi connectivity index (χ2n) is 5.50. The van der Waals surface area contributed by atoms with Crippen LogP contribution in [-0.4, -0.2) is 40.8 Å². The molecule has 0 spiro atoms. The first-order chi connectivity index (χ1) is 10.2. The van der Waals surface area contributed by atoms with Crippen molar-refractivity contribution >= 4 is 11.8 Å². The number of aryl methyl sites for hydroxylation is 1. The maximum atomic E-state index is 12.1. The summed E-state index contributed by atoms with van der Waals surface area (Å²) in [4.78, 5) is 30.0. The van der Waals surface area contributed by atoms with Crippen molar-refractivity contribution in [1.29, 1.82) is 0 Å². The van der Waals surface area contributed by atoms with E-state index in [0.29, 0.717) is 6.42 Å². The Morgan fingerprint density at radius 2 is 2.10 bits per heavy atom. The van der Waals surface area contributed by atoms with E-state index in [9.17, 15) is 9.59 Å². The highest BCUT2D eigenvalue weighted by Crippen LogP contribution is 2.09. The molecule has 2 amide bonds. The first-order valence-corrected chi connectivity index (χ1v) is 7.65. The van der Waals surface area contributed by atoms with Crippen molar-refractivity contribution in [2.75, 3.05) is 13.1 Å². The third kappa shape index (κ3) is 4.85. The molecule has 1 aromatic heterocycles. The summed E-state index contributed by atoms with van der Waals surface area (Å²) in [6.45, 7) is 3.40. The molecule has 5 heteroatoms. The summed E-state index contributed by atoms with van der Waals surface area (Å²) in [6, 6.07) is 5.35. The van der Waals surface area contributed by atoms with Crippen LogP contribution in [0, 0.1) is 0 Å². The molecule has 1 aliphatic rings. The molecule has 1 saturated heterocycles. The van der Waals surface area contributed by atoms with E-state index in [-0.39, 0.29) is 11.8 Å². The Hall–Kier alpha value is -1.91. The molecule has 21 heavy (non-hydrogen) atoms. The zero-order valence-electron chi connectivity index (χ0n) is 12.5. The minimum absolute atomic E-state index is 0.0329. The number of likely N-dealkylation sites (tertiary alicyclic amines) is 1. The van der Waals surface area contributed by atoms with Crippen molar-refractivity contribution in [3.05, 3.63) is 30.1 Å². The SMILES string of the molecule is CC(NC(=O)CCCc1ccccn1)C(=O)N1CCCC1. The number of hydrogen-bond acceptors (Lipinski definition) is 3. The Morgan fingerprint density at radius 3 is 2.76 bits per heavy atom. The minimum atomic E-state index is -0.426. The van der Waals surface area contributed by atoms with Gasteiger partial charge in [-0.05, 0) is 44.7 Å². The van der Waals surface area contributed by atoms with Crippen molar-refractivity contribution < 1.29 is 9.59 Å². The summed E-state index contributed by atoms with van der Waals surface area (Å²) in [5, 5.41) is 2.79. The minimum Gasteiger partial charge on any atom is -0.345 e. The Balaban J connectivity index is 1.67. The van der Waals surface area contributed by atoms with Crippen LogP contribution in [0.3, 0.4) is 0 Å². The fourth-order valence-corrected chi connectivity index (χ4v) is 2.56. The molecule has 2 rings (SSSR count). The quantitative estimate of drug-likeness (QED) is 0.864. The topological polar surface area (TPSA) is 62.3 Å². The Labute approximate surface area is 125 Å². The highest BCUT2D eigenvalue weighted by atomic mass is 16.2. The van der Waals surface area contributed by atoms with Gasteiger partial charge in [0.2, 0.25) is 11.8 Å². The molecule has 2 heterocycles. The molecule has 1 N–H and O–H groups in total. The molecule has 0 radical (unpaired) electrons. The number of pyridine rings is 1. The van der Waals surface area contributed by atoms with Gasteiger partial charge in [-0.3, -0.25) is 14.6 Å². The predicted octanol–water partition coefficient (Wildman–Crippen LogP) is 1.53. The van der Waals surface area contributed by atoms with Gasteiger partial charge in [-0.25, -0.2) is 0 Å². The fourth-order valence-electron chi connectivity index (χ4n) is 2.56. The Morgan fingerprint density at radius 1 is 1.33 bits per heavy atom. The average Bonchev–Trinajstić information content (AvgIpc) is 3.01. The molecule has 0 saturated carbocycles. The van der Waals surface area contributed by atoms with Crippen molar-refractivity contribution in [1.82, 2.24) is 15.2 Å². The second-order valence-corrected chi connectivity index (χ2v) is 5.50. The van der Waals surface area contributed by atoms with Crippen LogP contribution in [0.25, 0.3) is 0 Å². The number of rotatable bonds is 6. The Bertz CT molecular complexity index is 470. The lowest BCUT2D eigenvalue weighted by molar-refractivity contribution is -0.135. The molecule has 0 bridgehead atoms. The van der Waals surface area contributed by atoms with Gasteiger partial charge in [-0.2, -0.15) is 0 Å². The number of carbonyl (C=O) groups excluding carboxylic acids is 2. The van der Waals surface area contributed by atoms with Crippen molar-refractivity contribution in [3.8, 4) is 0 Å². The van der Waals surface area contributed by atoms with Crippen LogP contribution in [0.4, 0.5) is 0 Å². The van der Waals surface area contributed by atoms with Gasteiger partial charge in [0.05, 0.1) is 0 Å². The summed E-state index contributed by atoms with van der Waals surface area (Å²) < 4.78 is 0. The van der Waals surface area contributed by atoms with Crippen LogP contribution in [0.5, 0.6) is 0 Å². The molecule has 1 unspecified atom stereocenters. The molecule has 5 nitrogen and oxygen atoms in total. The van der Waals surface area contributed by atoms with Gasteiger partial charge < -0.3 is 10.2 Å². The molecule has 1 fully saturated rings. The van der Waals surface area contributed by atoms with E-state index in [1.807, 2.05) is 23.1 Å². The zero-order valence-corrected chi connectivity index (χ0v) is 12.5. The van der Waals surface area contributed by atoms with Crippen LogP contribution in [0.15, 0.2) is 24.4 Å². The summed E-state index contributed by atoms with van der Waals surface area (Å²) >= 11 is 0. The molecule has 0 aliphatic carbocycles. The van der Waals surface area contributed by atoms with E-state index in [4.69, 9.17) is 0 Å². The first-order valence-electron chi connectivity index (χ1n) is 7.65. The summed E-state index contributed by atoms with van der Waals surface area (Å²) in [5.41, 5.74) is 0.992.